The number of nitrogens with zero attached hydrogens (tertiary/aromatic N) is 3. The Morgan fingerprint density at radius 2 is 2.07 bits per heavy atom. The van der Waals surface area contributed by atoms with Crippen molar-refractivity contribution in [1.29, 1.82) is 0 Å². The van der Waals surface area contributed by atoms with Gasteiger partial charge >= 0.3 is 0 Å². The molecule has 0 amide bonds. The van der Waals surface area contributed by atoms with E-state index in [0.29, 0.717) is 0 Å². The molecule has 15 heavy (non-hydrogen) atoms. The Morgan fingerprint density at radius 3 is 2.87 bits per heavy atom. The van der Waals surface area contributed by atoms with Crippen LogP contribution in [-0.2, 0) is 0 Å². The van der Waals surface area contributed by atoms with Crippen LogP contribution in [0.4, 0.5) is 0 Å². The van der Waals surface area contributed by atoms with Gasteiger partial charge in [-0.1, -0.05) is 18.2 Å². The molecule has 0 unspecified atom stereocenters. The van der Waals surface area contributed by atoms with Crippen LogP contribution in [0.2, 0.25) is 0 Å². The van der Waals surface area contributed by atoms with Crippen molar-refractivity contribution in [2.45, 2.75) is 0 Å². The van der Waals surface area contributed by atoms with Gasteiger partial charge in [-0.05, 0) is 12.1 Å². The van der Waals surface area contributed by atoms with Crippen LogP contribution in [0.3, 0.4) is 0 Å². The third kappa shape index (κ3) is 2.31. The molecule has 0 N–H and O–H groups in total. The number of aromatic nitrogens is 1. The first-order valence-corrected chi connectivity index (χ1v) is 4.82. The van der Waals surface area contributed by atoms with Crippen LogP contribution in [0.25, 0.3) is 10.9 Å². The third-order valence-electron chi connectivity index (χ3n) is 2.05. The Balaban J connectivity index is 2.39. The maximum absolute atomic E-state index is 4.35. The van der Waals surface area contributed by atoms with Gasteiger partial charge in [0.05, 0.1) is 11.7 Å². The monoisotopic (exact) mass is 199 g/mol. The second-order valence-corrected chi connectivity index (χ2v) is 3.55. The molecule has 0 aliphatic carbocycles. The Morgan fingerprint density at radius 1 is 1.27 bits per heavy atom. The van der Waals surface area contributed by atoms with Crippen LogP contribution < -0.4 is 0 Å². The summed E-state index contributed by atoms with van der Waals surface area (Å²) in [4.78, 5) is 4.35. The lowest BCUT2D eigenvalue weighted by Crippen LogP contribution is -2.02. The van der Waals surface area contributed by atoms with Crippen LogP contribution >= 0.6 is 0 Å². The van der Waals surface area contributed by atoms with Crippen LogP contribution in [0.15, 0.2) is 41.6 Å². The van der Waals surface area contributed by atoms with E-state index in [-0.39, 0.29) is 0 Å². The van der Waals surface area contributed by atoms with Gasteiger partial charge in [0.1, 0.15) is 0 Å². The van der Waals surface area contributed by atoms with Crippen molar-refractivity contribution in [1.82, 2.24) is 9.99 Å². The number of benzene rings is 1. The number of pyridine rings is 1. The van der Waals surface area contributed by atoms with Gasteiger partial charge < -0.3 is 5.01 Å². The molecule has 76 valence electrons. The van der Waals surface area contributed by atoms with Crippen molar-refractivity contribution < 1.29 is 0 Å². The molecule has 2 aromatic rings. The van der Waals surface area contributed by atoms with Gasteiger partial charge in [0, 0.05) is 31.2 Å². The predicted octanol–water partition coefficient (Wildman–Crippen LogP) is 2.13. The SMILES string of the molecule is CN(C)N=Cc1cnc2ccccc2c1. The molecule has 2 rings (SSSR count). The minimum absolute atomic E-state index is 1.01. The number of hydrogen-bond acceptors (Lipinski definition) is 3. The highest BCUT2D eigenvalue weighted by atomic mass is 15.4. The highest BCUT2D eigenvalue weighted by Crippen LogP contribution is 2.11. The van der Waals surface area contributed by atoms with E-state index in [1.807, 2.05) is 38.5 Å². The van der Waals surface area contributed by atoms with Gasteiger partial charge in [-0.3, -0.25) is 4.98 Å². The molecule has 0 fully saturated rings. The molecule has 1 aromatic carbocycles. The van der Waals surface area contributed by atoms with Crippen molar-refractivity contribution in [3.8, 4) is 0 Å². The predicted molar refractivity (Wildman–Crippen MR) is 63.0 cm³/mol. The normalized spacial score (nSPS) is 11.1. The molecule has 0 spiro atoms. The van der Waals surface area contributed by atoms with E-state index in [2.05, 4.69) is 22.2 Å². The molecule has 0 atom stereocenters. The van der Waals surface area contributed by atoms with Crippen LogP contribution in [0.1, 0.15) is 5.56 Å². The van der Waals surface area contributed by atoms with Crippen molar-refractivity contribution >= 4 is 17.1 Å². The standard InChI is InChI=1S/C12H13N3/c1-15(2)14-9-10-7-11-5-3-4-6-12(11)13-8-10/h3-9H,1-2H3. The fourth-order valence-corrected chi connectivity index (χ4v) is 1.34. The minimum atomic E-state index is 1.01. The van der Waals surface area contributed by atoms with Crippen molar-refractivity contribution in [2.24, 2.45) is 5.10 Å². The van der Waals surface area contributed by atoms with Crippen LogP contribution in [0, 0.1) is 0 Å². The third-order valence-corrected chi connectivity index (χ3v) is 2.05. The molecular weight excluding hydrogens is 186 g/mol. The smallest absolute Gasteiger partial charge is 0.0702 e. The summed E-state index contributed by atoms with van der Waals surface area (Å²) in [5, 5.41) is 7.07. The molecule has 0 aliphatic rings. The molecule has 0 saturated heterocycles. The molecular formula is C12H13N3. The first kappa shape index (κ1) is 9.65. The summed E-state index contributed by atoms with van der Waals surface area (Å²) in [6.45, 7) is 0. The van der Waals surface area contributed by atoms with E-state index in [4.69, 9.17) is 0 Å². The summed E-state index contributed by atoms with van der Waals surface area (Å²) in [5.41, 5.74) is 2.03. The zero-order chi connectivity index (χ0) is 10.7. The van der Waals surface area contributed by atoms with Crippen LogP contribution in [0.5, 0.6) is 0 Å². The second kappa shape index (κ2) is 4.09. The summed E-state index contributed by atoms with van der Waals surface area (Å²) in [6.07, 6.45) is 3.63. The Kier molecular flexibility index (Phi) is 2.63. The second-order valence-electron chi connectivity index (χ2n) is 3.55. The first-order chi connectivity index (χ1) is 7.25. The molecule has 1 heterocycles. The van der Waals surface area contributed by atoms with Crippen molar-refractivity contribution in [3.05, 3.63) is 42.1 Å². The molecule has 1 aromatic heterocycles. The number of hydrogen-bond donors (Lipinski definition) is 0. The van der Waals surface area contributed by atoms with Gasteiger partial charge in [-0.15, -0.1) is 0 Å². The lowest BCUT2D eigenvalue weighted by molar-refractivity contribution is 0.440. The van der Waals surface area contributed by atoms with Crippen molar-refractivity contribution in [2.75, 3.05) is 14.1 Å². The number of para-hydroxylation sites is 1. The zero-order valence-corrected chi connectivity index (χ0v) is 8.88. The number of hydrazone groups is 1. The number of rotatable bonds is 2. The van der Waals surface area contributed by atoms with E-state index in [1.54, 1.807) is 11.2 Å². The summed E-state index contributed by atoms with van der Waals surface area (Å²) in [7, 11) is 3.79. The maximum atomic E-state index is 4.35. The molecule has 3 heteroatoms. The average molecular weight is 199 g/mol. The van der Waals surface area contributed by atoms with Gasteiger partial charge in [0.2, 0.25) is 0 Å². The van der Waals surface area contributed by atoms with Gasteiger partial charge in [-0.25, -0.2) is 0 Å². The van der Waals surface area contributed by atoms with E-state index in [1.165, 1.54) is 0 Å². The Hall–Kier alpha value is -1.90. The highest BCUT2D eigenvalue weighted by Gasteiger charge is 1.94. The minimum Gasteiger partial charge on any atom is -0.303 e. The molecule has 0 aliphatic heterocycles. The molecule has 0 saturated carbocycles. The zero-order valence-electron chi connectivity index (χ0n) is 8.88. The van der Waals surface area contributed by atoms with E-state index in [9.17, 15) is 0 Å². The molecule has 0 bridgehead atoms. The first-order valence-electron chi connectivity index (χ1n) is 4.82. The van der Waals surface area contributed by atoms with E-state index < -0.39 is 0 Å². The van der Waals surface area contributed by atoms with Crippen LogP contribution in [-0.4, -0.2) is 30.3 Å². The lowest BCUT2D eigenvalue weighted by atomic mass is 10.2. The molecule has 0 radical (unpaired) electrons. The van der Waals surface area contributed by atoms with E-state index >= 15 is 0 Å². The summed E-state index contributed by atoms with van der Waals surface area (Å²) >= 11 is 0. The Labute approximate surface area is 89.1 Å². The maximum Gasteiger partial charge on any atom is 0.0702 e. The lowest BCUT2D eigenvalue weighted by Gasteiger charge is -2.02. The fourth-order valence-electron chi connectivity index (χ4n) is 1.34. The quantitative estimate of drug-likeness (QED) is 0.547. The summed E-state index contributed by atoms with van der Waals surface area (Å²) < 4.78 is 0. The van der Waals surface area contributed by atoms with Crippen molar-refractivity contribution in [3.63, 3.8) is 0 Å². The van der Waals surface area contributed by atoms with Gasteiger partial charge in [0.25, 0.3) is 0 Å². The summed E-state index contributed by atoms with van der Waals surface area (Å²) in [5.74, 6) is 0. The highest BCUT2D eigenvalue weighted by molar-refractivity contribution is 5.87. The summed E-state index contributed by atoms with van der Waals surface area (Å²) in [6, 6.07) is 10.1. The van der Waals surface area contributed by atoms with Gasteiger partial charge in [0.15, 0.2) is 0 Å². The topological polar surface area (TPSA) is 28.5 Å². The molecule has 3 nitrogen and oxygen atoms in total. The van der Waals surface area contributed by atoms with Gasteiger partial charge in [-0.2, -0.15) is 5.10 Å². The Bertz CT molecular complexity index is 489. The number of fused-ring (bicyclic) bond motifs is 1. The largest absolute Gasteiger partial charge is 0.303 e. The van der Waals surface area contributed by atoms with E-state index in [0.717, 1.165) is 16.5 Å². The fraction of sp³-hybridized carbons (Fsp3) is 0.167. The average Bonchev–Trinajstić information content (AvgIpc) is 2.26.